The van der Waals surface area contributed by atoms with Crippen molar-refractivity contribution in [3.05, 3.63) is 65.2 Å². The molecule has 2 N–H and O–H groups in total. The summed E-state index contributed by atoms with van der Waals surface area (Å²) in [4.78, 5) is 0. The fraction of sp³-hybridized carbons (Fsp3) is 0.133. The number of nitrogens with one attached hydrogen (secondary N) is 1. The molecule has 0 spiro atoms. The highest BCUT2D eigenvalue weighted by Gasteiger charge is 2.11. The zero-order valence-electron chi connectivity index (χ0n) is 10.5. The van der Waals surface area contributed by atoms with E-state index in [-0.39, 0.29) is 12.2 Å². The number of para-hydroxylation sites is 1. The topological polar surface area (TPSA) is 56.0 Å². The van der Waals surface area contributed by atoms with Gasteiger partial charge in [-0.25, -0.2) is 8.78 Å². The van der Waals surface area contributed by atoms with E-state index in [4.69, 9.17) is 5.26 Å². The molecule has 2 aromatic rings. The molecule has 0 saturated carbocycles. The van der Waals surface area contributed by atoms with Crippen LogP contribution < -0.4 is 5.32 Å². The molecule has 1 unspecified atom stereocenters. The number of aliphatic hydroxyl groups is 1. The van der Waals surface area contributed by atoms with Gasteiger partial charge >= 0.3 is 0 Å². The lowest BCUT2D eigenvalue weighted by Crippen LogP contribution is -2.14. The highest BCUT2D eigenvalue weighted by atomic mass is 19.1. The summed E-state index contributed by atoms with van der Waals surface area (Å²) < 4.78 is 26.8. The van der Waals surface area contributed by atoms with Crippen LogP contribution in [0.5, 0.6) is 0 Å². The fourth-order valence-corrected chi connectivity index (χ4v) is 1.76. The van der Waals surface area contributed by atoms with E-state index < -0.39 is 17.7 Å². The van der Waals surface area contributed by atoms with Crippen LogP contribution in [0.3, 0.4) is 0 Å². The highest BCUT2D eigenvalue weighted by Crippen LogP contribution is 2.20. The first kappa shape index (κ1) is 14.0. The molecule has 102 valence electrons. The number of hydrogen-bond acceptors (Lipinski definition) is 3. The summed E-state index contributed by atoms with van der Waals surface area (Å²) in [7, 11) is 0. The van der Waals surface area contributed by atoms with Crippen molar-refractivity contribution < 1.29 is 13.9 Å². The van der Waals surface area contributed by atoms with Gasteiger partial charge in [0, 0.05) is 6.54 Å². The minimum absolute atomic E-state index is 0.0379. The first-order valence-corrected chi connectivity index (χ1v) is 5.98. The largest absolute Gasteiger partial charge is 0.387 e. The molecule has 5 heteroatoms. The summed E-state index contributed by atoms with van der Waals surface area (Å²) in [6.07, 6.45) is -0.929. The van der Waals surface area contributed by atoms with Crippen molar-refractivity contribution in [1.82, 2.24) is 0 Å². The number of nitriles is 1. The van der Waals surface area contributed by atoms with Crippen LogP contribution >= 0.6 is 0 Å². The molecule has 0 radical (unpaired) electrons. The van der Waals surface area contributed by atoms with Gasteiger partial charge in [-0.15, -0.1) is 0 Å². The molecule has 0 aromatic heterocycles. The summed E-state index contributed by atoms with van der Waals surface area (Å²) in [5.74, 6) is -1.42. The van der Waals surface area contributed by atoms with Gasteiger partial charge in [-0.1, -0.05) is 18.2 Å². The zero-order valence-corrected chi connectivity index (χ0v) is 10.5. The first-order valence-electron chi connectivity index (χ1n) is 5.98. The summed E-state index contributed by atoms with van der Waals surface area (Å²) in [6.45, 7) is -0.0379. The van der Waals surface area contributed by atoms with Gasteiger partial charge in [0.15, 0.2) is 0 Å². The standard InChI is InChI=1S/C15H12F2N2O/c16-12-2-1-3-13(17)15(12)19-9-14(20)11-6-4-10(8-18)5-7-11/h1-7,14,19-20H,9H2. The minimum atomic E-state index is -0.929. The SMILES string of the molecule is N#Cc1ccc(C(O)CNc2c(F)cccc2F)cc1. The van der Waals surface area contributed by atoms with E-state index in [1.165, 1.54) is 6.07 Å². The van der Waals surface area contributed by atoms with E-state index in [2.05, 4.69) is 5.32 Å². The quantitative estimate of drug-likeness (QED) is 0.901. The van der Waals surface area contributed by atoms with Crippen molar-refractivity contribution in [3.8, 4) is 6.07 Å². The average molecular weight is 274 g/mol. The van der Waals surface area contributed by atoms with Crippen molar-refractivity contribution in [3.63, 3.8) is 0 Å². The highest BCUT2D eigenvalue weighted by molar-refractivity contribution is 5.46. The average Bonchev–Trinajstić information content (AvgIpc) is 2.46. The zero-order chi connectivity index (χ0) is 14.5. The van der Waals surface area contributed by atoms with Crippen LogP contribution in [0.1, 0.15) is 17.2 Å². The number of nitrogens with zero attached hydrogens (tertiary/aromatic N) is 1. The fourth-order valence-electron chi connectivity index (χ4n) is 1.76. The molecule has 0 bridgehead atoms. The second kappa shape index (κ2) is 6.13. The van der Waals surface area contributed by atoms with Gasteiger partial charge in [-0.05, 0) is 29.8 Å². The third-order valence-corrected chi connectivity index (χ3v) is 2.86. The summed E-state index contributed by atoms with van der Waals surface area (Å²) in [5.41, 5.74) is 0.780. The van der Waals surface area contributed by atoms with E-state index in [1.54, 1.807) is 24.3 Å². The lowest BCUT2D eigenvalue weighted by molar-refractivity contribution is 0.191. The molecule has 2 rings (SSSR count). The molecule has 0 aliphatic carbocycles. The lowest BCUT2D eigenvalue weighted by Gasteiger charge is -2.14. The number of anilines is 1. The predicted octanol–water partition coefficient (Wildman–Crippen LogP) is 2.98. The predicted molar refractivity (Wildman–Crippen MR) is 71.0 cm³/mol. The minimum Gasteiger partial charge on any atom is -0.387 e. The Balaban J connectivity index is 2.05. The Morgan fingerprint density at radius 2 is 1.70 bits per heavy atom. The second-order valence-corrected chi connectivity index (χ2v) is 4.23. The number of aliphatic hydroxyl groups excluding tert-OH is 1. The molecule has 1 atom stereocenters. The van der Waals surface area contributed by atoms with Gasteiger partial charge in [-0.2, -0.15) is 5.26 Å². The Kier molecular flexibility index (Phi) is 4.28. The van der Waals surface area contributed by atoms with Crippen molar-refractivity contribution >= 4 is 5.69 Å². The van der Waals surface area contributed by atoms with Crippen LogP contribution in [-0.4, -0.2) is 11.7 Å². The molecular formula is C15H12F2N2O. The van der Waals surface area contributed by atoms with Gasteiger partial charge in [0.25, 0.3) is 0 Å². The molecule has 2 aromatic carbocycles. The van der Waals surface area contributed by atoms with Crippen LogP contribution in [0, 0.1) is 23.0 Å². The molecular weight excluding hydrogens is 262 g/mol. The van der Waals surface area contributed by atoms with Crippen molar-refractivity contribution in [2.45, 2.75) is 6.10 Å². The Labute approximate surface area is 115 Å². The van der Waals surface area contributed by atoms with Gasteiger partial charge in [0.1, 0.15) is 17.3 Å². The molecule has 20 heavy (non-hydrogen) atoms. The van der Waals surface area contributed by atoms with Crippen LogP contribution in [0.4, 0.5) is 14.5 Å². The normalized spacial score (nSPS) is 11.7. The van der Waals surface area contributed by atoms with Gasteiger partial charge in [-0.3, -0.25) is 0 Å². The van der Waals surface area contributed by atoms with Crippen molar-refractivity contribution in [2.75, 3.05) is 11.9 Å². The Bertz CT molecular complexity index is 615. The Hall–Kier alpha value is -2.45. The van der Waals surface area contributed by atoms with Crippen LogP contribution in [0.2, 0.25) is 0 Å². The third-order valence-electron chi connectivity index (χ3n) is 2.86. The van der Waals surface area contributed by atoms with Crippen LogP contribution in [0.15, 0.2) is 42.5 Å². The molecule has 0 saturated heterocycles. The molecule has 0 aliphatic rings. The number of halogens is 2. The molecule has 0 heterocycles. The number of hydrogen-bond donors (Lipinski definition) is 2. The maximum absolute atomic E-state index is 13.4. The monoisotopic (exact) mass is 274 g/mol. The van der Waals surface area contributed by atoms with E-state index in [0.717, 1.165) is 12.1 Å². The molecule has 3 nitrogen and oxygen atoms in total. The lowest BCUT2D eigenvalue weighted by atomic mass is 10.1. The third kappa shape index (κ3) is 3.11. The van der Waals surface area contributed by atoms with E-state index in [0.29, 0.717) is 11.1 Å². The maximum atomic E-state index is 13.4. The maximum Gasteiger partial charge on any atom is 0.149 e. The van der Waals surface area contributed by atoms with Gasteiger partial charge in [0.05, 0.1) is 17.7 Å². The Morgan fingerprint density at radius 1 is 1.10 bits per heavy atom. The van der Waals surface area contributed by atoms with E-state index in [9.17, 15) is 13.9 Å². The van der Waals surface area contributed by atoms with Crippen molar-refractivity contribution in [2.24, 2.45) is 0 Å². The van der Waals surface area contributed by atoms with Crippen LogP contribution in [0.25, 0.3) is 0 Å². The summed E-state index contributed by atoms with van der Waals surface area (Å²) >= 11 is 0. The number of benzene rings is 2. The van der Waals surface area contributed by atoms with Crippen molar-refractivity contribution in [1.29, 1.82) is 5.26 Å². The van der Waals surface area contributed by atoms with E-state index in [1.807, 2.05) is 6.07 Å². The number of rotatable bonds is 4. The van der Waals surface area contributed by atoms with Crippen LogP contribution in [-0.2, 0) is 0 Å². The molecule has 0 fully saturated rings. The van der Waals surface area contributed by atoms with E-state index >= 15 is 0 Å². The van der Waals surface area contributed by atoms with Gasteiger partial charge < -0.3 is 10.4 Å². The summed E-state index contributed by atoms with van der Waals surface area (Å²) in [6, 6.07) is 11.9. The second-order valence-electron chi connectivity index (χ2n) is 4.23. The molecule has 0 aliphatic heterocycles. The molecule has 0 amide bonds. The van der Waals surface area contributed by atoms with Gasteiger partial charge in [0.2, 0.25) is 0 Å². The Morgan fingerprint density at radius 3 is 2.25 bits per heavy atom. The summed E-state index contributed by atoms with van der Waals surface area (Å²) in [5, 5.41) is 21.2. The first-order chi connectivity index (χ1) is 9.61. The smallest absolute Gasteiger partial charge is 0.149 e.